The van der Waals surface area contributed by atoms with Gasteiger partial charge in [0.25, 0.3) is 0 Å². The van der Waals surface area contributed by atoms with Crippen LogP contribution >= 0.6 is 0 Å². The SMILES string of the molecule is Cc1cnc(-c2cc(O)c(-c3ccc(N(C)[C@H]4CC5CCC(N5)[C@H]4F)nn3)cc2F)o1. The molecule has 31 heavy (non-hydrogen) atoms. The van der Waals surface area contributed by atoms with Crippen LogP contribution < -0.4 is 10.2 Å². The van der Waals surface area contributed by atoms with Gasteiger partial charge in [-0.1, -0.05) is 0 Å². The van der Waals surface area contributed by atoms with Gasteiger partial charge in [-0.05, 0) is 50.5 Å². The topological polar surface area (TPSA) is 87.3 Å². The number of nitrogens with one attached hydrogen (secondary N) is 1. The number of halogens is 2. The molecule has 1 aromatic carbocycles. The van der Waals surface area contributed by atoms with Gasteiger partial charge in [-0.2, -0.15) is 0 Å². The van der Waals surface area contributed by atoms with Crippen molar-refractivity contribution in [2.45, 2.75) is 50.5 Å². The molecule has 2 saturated heterocycles. The van der Waals surface area contributed by atoms with Crippen molar-refractivity contribution in [2.24, 2.45) is 0 Å². The zero-order valence-electron chi connectivity index (χ0n) is 17.2. The molecule has 0 saturated carbocycles. The molecular weight excluding hydrogens is 404 g/mol. The Morgan fingerprint density at radius 1 is 1.19 bits per heavy atom. The highest BCUT2D eigenvalue weighted by atomic mass is 19.1. The van der Waals surface area contributed by atoms with Gasteiger partial charge in [0.2, 0.25) is 5.89 Å². The number of phenols is 1. The highest BCUT2D eigenvalue weighted by molar-refractivity contribution is 5.72. The largest absolute Gasteiger partial charge is 0.507 e. The van der Waals surface area contributed by atoms with Crippen LogP contribution in [0.1, 0.15) is 25.0 Å². The molecule has 0 spiro atoms. The van der Waals surface area contributed by atoms with Gasteiger partial charge < -0.3 is 19.7 Å². The average molecular weight is 427 g/mol. The van der Waals surface area contributed by atoms with E-state index in [-0.39, 0.29) is 34.9 Å². The number of piperidine rings is 1. The molecule has 0 radical (unpaired) electrons. The molecule has 7 nitrogen and oxygen atoms in total. The van der Waals surface area contributed by atoms with Crippen LogP contribution in [0, 0.1) is 12.7 Å². The fourth-order valence-corrected chi connectivity index (χ4v) is 4.59. The molecule has 3 aromatic rings. The Morgan fingerprint density at radius 2 is 2.03 bits per heavy atom. The minimum Gasteiger partial charge on any atom is -0.507 e. The minimum absolute atomic E-state index is 0.0631. The standard InChI is InChI=1S/C22H23F2N5O2/c1-11-10-25-22(31-11)13-9-19(30)14(8-15(13)23)16-5-6-20(28-27-16)29(2)18-7-12-3-4-17(26-12)21(18)24/h5-6,8-10,12,17-18,21,26,30H,3-4,7H2,1-2H3/t12?,17?,18-,21+/m0/s1. The van der Waals surface area contributed by atoms with Crippen LogP contribution in [0.5, 0.6) is 5.75 Å². The van der Waals surface area contributed by atoms with Gasteiger partial charge in [0, 0.05) is 24.7 Å². The Morgan fingerprint density at radius 3 is 2.74 bits per heavy atom. The van der Waals surface area contributed by atoms with Crippen molar-refractivity contribution in [3.63, 3.8) is 0 Å². The van der Waals surface area contributed by atoms with Gasteiger partial charge in [0.05, 0.1) is 23.5 Å². The summed E-state index contributed by atoms with van der Waals surface area (Å²) in [6.07, 6.45) is 3.07. The first-order valence-corrected chi connectivity index (χ1v) is 10.3. The van der Waals surface area contributed by atoms with Gasteiger partial charge >= 0.3 is 0 Å². The van der Waals surface area contributed by atoms with E-state index in [9.17, 15) is 13.9 Å². The fourth-order valence-electron chi connectivity index (χ4n) is 4.59. The van der Waals surface area contributed by atoms with E-state index in [1.165, 1.54) is 18.3 Å². The van der Waals surface area contributed by atoms with Crippen LogP contribution in [0.25, 0.3) is 22.7 Å². The highest BCUT2D eigenvalue weighted by Crippen LogP contribution is 2.36. The summed E-state index contributed by atoms with van der Waals surface area (Å²) in [5.74, 6) is 0.409. The summed E-state index contributed by atoms with van der Waals surface area (Å²) in [6.45, 7) is 1.70. The van der Waals surface area contributed by atoms with Crippen LogP contribution in [0.3, 0.4) is 0 Å². The van der Waals surface area contributed by atoms with E-state index < -0.39 is 12.0 Å². The first-order chi connectivity index (χ1) is 14.9. The molecule has 2 aromatic heterocycles. The summed E-state index contributed by atoms with van der Waals surface area (Å²) in [7, 11) is 1.82. The molecule has 2 bridgehead atoms. The van der Waals surface area contributed by atoms with Crippen LogP contribution in [-0.2, 0) is 0 Å². The van der Waals surface area contributed by atoms with E-state index in [4.69, 9.17) is 4.42 Å². The number of anilines is 1. The molecule has 0 amide bonds. The summed E-state index contributed by atoms with van der Waals surface area (Å²) in [5, 5.41) is 22.1. The summed E-state index contributed by atoms with van der Waals surface area (Å²) in [5.41, 5.74) is 0.577. The number of aromatic hydroxyl groups is 1. The van der Waals surface area contributed by atoms with Crippen molar-refractivity contribution < 1.29 is 18.3 Å². The number of oxazole rings is 1. The third-order valence-corrected chi connectivity index (χ3v) is 6.28. The quantitative estimate of drug-likeness (QED) is 0.658. The number of fused-ring (bicyclic) bond motifs is 2. The number of aryl methyl sites for hydroxylation is 1. The zero-order valence-corrected chi connectivity index (χ0v) is 17.2. The third-order valence-electron chi connectivity index (χ3n) is 6.28. The van der Waals surface area contributed by atoms with Crippen molar-refractivity contribution in [3.05, 3.63) is 42.0 Å². The van der Waals surface area contributed by atoms with Gasteiger partial charge in [0.15, 0.2) is 5.82 Å². The van der Waals surface area contributed by atoms with Gasteiger partial charge in [-0.15, -0.1) is 10.2 Å². The molecule has 9 heteroatoms. The van der Waals surface area contributed by atoms with Crippen molar-refractivity contribution in [2.75, 3.05) is 11.9 Å². The lowest BCUT2D eigenvalue weighted by Gasteiger charge is -2.38. The molecule has 0 aliphatic carbocycles. The Labute approximate surface area is 178 Å². The third kappa shape index (κ3) is 3.52. The number of benzene rings is 1. The second kappa shape index (κ2) is 7.56. The minimum atomic E-state index is -0.977. The molecule has 162 valence electrons. The van der Waals surface area contributed by atoms with Crippen molar-refractivity contribution in [1.29, 1.82) is 0 Å². The van der Waals surface area contributed by atoms with E-state index in [0.29, 0.717) is 29.7 Å². The number of hydrogen-bond donors (Lipinski definition) is 2. The van der Waals surface area contributed by atoms with Crippen LogP contribution in [0.4, 0.5) is 14.6 Å². The summed E-state index contributed by atoms with van der Waals surface area (Å²) in [6, 6.07) is 5.75. The summed E-state index contributed by atoms with van der Waals surface area (Å²) < 4.78 is 34.9. The van der Waals surface area contributed by atoms with Crippen molar-refractivity contribution >= 4 is 5.82 Å². The number of alkyl halides is 1. The second-order valence-corrected chi connectivity index (χ2v) is 8.31. The smallest absolute Gasteiger partial charge is 0.229 e. The fraction of sp³-hybridized carbons (Fsp3) is 0.409. The van der Waals surface area contributed by atoms with Gasteiger partial charge in [-0.25, -0.2) is 13.8 Å². The van der Waals surface area contributed by atoms with Crippen molar-refractivity contribution in [1.82, 2.24) is 20.5 Å². The predicted molar refractivity (Wildman–Crippen MR) is 111 cm³/mol. The molecule has 2 unspecified atom stereocenters. The maximum Gasteiger partial charge on any atom is 0.229 e. The number of phenolic OH excluding ortho intramolecular Hbond substituents is 1. The van der Waals surface area contributed by atoms with Crippen LogP contribution in [0.2, 0.25) is 0 Å². The van der Waals surface area contributed by atoms with E-state index >= 15 is 0 Å². The normalized spacial score (nSPS) is 25.0. The molecule has 2 aliphatic rings. The molecule has 5 rings (SSSR count). The van der Waals surface area contributed by atoms with Crippen LogP contribution in [-0.4, -0.2) is 51.6 Å². The molecule has 4 atom stereocenters. The lowest BCUT2D eigenvalue weighted by Crippen LogP contribution is -2.55. The molecular formula is C22H23F2N5O2. The number of aromatic nitrogens is 3. The summed E-state index contributed by atoms with van der Waals surface area (Å²) in [4.78, 5) is 5.82. The molecule has 2 aliphatic heterocycles. The molecule has 2 N–H and O–H groups in total. The van der Waals surface area contributed by atoms with E-state index in [1.807, 2.05) is 11.9 Å². The van der Waals surface area contributed by atoms with Crippen LogP contribution in [0.15, 0.2) is 34.9 Å². The van der Waals surface area contributed by atoms with Crippen molar-refractivity contribution in [3.8, 4) is 28.5 Å². The average Bonchev–Trinajstić information content (AvgIpc) is 3.38. The number of nitrogens with zero attached hydrogens (tertiary/aromatic N) is 4. The Bertz CT molecular complexity index is 1100. The Hall–Kier alpha value is -3.07. The van der Waals surface area contributed by atoms with E-state index in [0.717, 1.165) is 12.8 Å². The van der Waals surface area contributed by atoms with Gasteiger partial charge in [0.1, 0.15) is 23.5 Å². The zero-order chi connectivity index (χ0) is 21.7. The number of hydrogen-bond acceptors (Lipinski definition) is 7. The second-order valence-electron chi connectivity index (χ2n) is 8.31. The van der Waals surface area contributed by atoms with E-state index in [2.05, 4.69) is 20.5 Å². The maximum absolute atomic E-state index is 14.9. The predicted octanol–water partition coefficient (Wildman–Crippen LogP) is 3.62. The Balaban J connectivity index is 1.39. The lowest BCUT2D eigenvalue weighted by atomic mass is 9.96. The number of rotatable bonds is 4. The van der Waals surface area contributed by atoms with Gasteiger partial charge in [-0.3, -0.25) is 0 Å². The first-order valence-electron chi connectivity index (χ1n) is 10.3. The highest BCUT2D eigenvalue weighted by Gasteiger charge is 2.43. The lowest BCUT2D eigenvalue weighted by molar-refractivity contribution is 0.176. The maximum atomic E-state index is 14.9. The molecule has 4 heterocycles. The monoisotopic (exact) mass is 427 g/mol. The summed E-state index contributed by atoms with van der Waals surface area (Å²) >= 11 is 0. The Kier molecular flexibility index (Phi) is 4.85. The molecule has 2 fully saturated rings. The first kappa shape index (κ1) is 19.9. The van der Waals surface area contributed by atoms with E-state index in [1.54, 1.807) is 19.1 Å².